The summed E-state index contributed by atoms with van der Waals surface area (Å²) in [5.41, 5.74) is 0. The van der Waals surface area contributed by atoms with Gasteiger partial charge in [-0.1, -0.05) is 0 Å². The standard InChI is InChI=1S/C5H10NO4P/c1-4(7)9-3-6-5(8)10-11-2/h11H,3H2,1-2H3,(H,6,8). The molecule has 0 aliphatic heterocycles. The third-order valence-corrected chi connectivity index (χ3v) is 1.08. The highest BCUT2D eigenvalue weighted by Gasteiger charge is 1.98. The largest absolute Gasteiger partial charge is 0.444 e. The summed E-state index contributed by atoms with van der Waals surface area (Å²) in [6.45, 7) is 2.83. The maximum atomic E-state index is 10.5. The molecular formula is C5H10NO4P. The summed E-state index contributed by atoms with van der Waals surface area (Å²) in [5, 5.41) is 2.22. The van der Waals surface area contributed by atoms with Gasteiger partial charge in [-0.25, -0.2) is 4.79 Å². The van der Waals surface area contributed by atoms with E-state index in [4.69, 9.17) is 0 Å². The van der Waals surface area contributed by atoms with Gasteiger partial charge in [-0.05, 0) is 6.66 Å². The van der Waals surface area contributed by atoms with Gasteiger partial charge in [0.1, 0.15) is 0 Å². The van der Waals surface area contributed by atoms with Crippen molar-refractivity contribution >= 4 is 20.9 Å². The van der Waals surface area contributed by atoms with E-state index in [1.165, 1.54) is 6.92 Å². The van der Waals surface area contributed by atoms with Gasteiger partial charge in [-0.15, -0.1) is 0 Å². The quantitative estimate of drug-likeness (QED) is 0.388. The van der Waals surface area contributed by atoms with Gasteiger partial charge < -0.3 is 9.26 Å². The molecule has 1 atom stereocenters. The predicted molar refractivity (Wildman–Crippen MR) is 40.5 cm³/mol. The number of carbonyl (C=O) groups excluding carboxylic acids is 2. The second-order valence-corrected chi connectivity index (χ2v) is 2.16. The van der Waals surface area contributed by atoms with E-state index in [1.54, 1.807) is 6.66 Å². The lowest BCUT2D eigenvalue weighted by molar-refractivity contribution is -0.141. The van der Waals surface area contributed by atoms with Gasteiger partial charge in [0.2, 0.25) is 0 Å². The maximum absolute atomic E-state index is 10.5. The lowest BCUT2D eigenvalue weighted by atomic mass is 10.8. The van der Waals surface area contributed by atoms with Gasteiger partial charge >= 0.3 is 12.1 Å². The fourth-order valence-electron chi connectivity index (χ4n) is 0.325. The van der Waals surface area contributed by atoms with Crippen molar-refractivity contribution in [3.63, 3.8) is 0 Å². The molecule has 0 aliphatic rings. The van der Waals surface area contributed by atoms with Crippen LogP contribution in [0.4, 0.5) is 4.79 Å². The van der Waals surface area contributed by atoms with E-state index in [9.17, 15) is 9.59 Å². The van der Waals surface area contributed by atoms with Crippen LogP contribution in [0.25, 0.3) is 0 Å². The molecule has 1 N–H and O–H groups in total. The number of carbonyl (C=O) groups is 2. The fraction of sp³-hybridized carbons (Fsp3) is 0.600. The average molecular weight is 179 g/mol. The summed E-state index contributed by atoms with van der Waals surface area (Å²) in [7, 11) is 0.0914. The van der Waals surface area contributed by atoms with Crippen LogP contribution in [0.5, 0.6) is 0 Å². The first-order valence-corrected chi connectivity index (χ1v) is 4.32. The summed E-state index contributed by atoms with van der Waals surface area (Å²) < 4.78 is 8.92. The van der Waals surface area contributed by atoms with Crippen molar-refractivity contribution < 1.29 is 18.8 Å². The molecule has 0 saturated heterocycles. The number of nitrogens with one attached hydrogen (secondary N) is 1. The molecule has 0 aromatic carbocycles. The SMILES string of the molecule is CPOC(=O)NCOC(C)=O. The zero-order valence-corrected chi connectivity index (χ0v) is 7.34. The van der Waals surface area contributed by atoms with E-state index in [0.29, 0.717) is 0 Å². The number of ether oxygens (including phenoxy) is 1. The number of hydrogen-bond acceptors (Lipinski definition) is 4. The van der Waals surface area contributed by atoms with Crippen molar-refractivity contribution in [3.05, 3.63) is 0 Å². The summed E-state index contributed by atoms with van der Waals surface area (Å²) in [6, 6.07) is 0. The average Bonchev–Trinajstić information content (AvgIpc) is 1.87. The second kappa shape index (κ2) is 5.92. The molecule has 64 valence electrons. The minimum absolute atomic E-state index is 0.0914. The van der Waals surface area contributed by atoms with Crippen LogP contribution in [-0.2, 0) is 14.1 Å². The van der Waals surface area contributed by atoms with E-state index in [2.05, 4.69) is 14.6 Å². The Labute approximate surface area is 66.3 Å². The second-order valence-electron chi connectivity index (χ2n) is 1.55. The smallest absolute Gasteiger partial charge is 0.412 e. The Morgan fingerprint density at radius 2 is 2.18 bits per heavy atom. The maximum Gasteiger partial charge on any atom is 0.412 e. The Hall–Kier alpha value is -0.830. The van der Waals surface area contributed by atoms with Crippen molar-refractivity contribution in [1.29, 1.82) is 0 Å². The van der Waals surface area contributed by atoms with Crippen molar-refractivity contribution in [2.45, 2.75) is 6.92 Å². The molecule has 0 aromatic rings. The highest BCUT2D eigenvalue weighted by Crippen LogP contribution is 2.02. The molecule has 11 heavy (non-hydrogen) atoms. The van der Waals surface area contributed by atoms with Crippen LogP contribution in [0, 0.1) is 0 Å². The minimum atomic E-state index is -0.577. The summed E-state index contributed by atoms with van der Waals surface area (Å²) in [6.07, 6.45) is -0.577. The van der Waals surface area contributed by atoms with Crippen LogP contribution in [0.15, 0.2) is 0 Å². The van der Waals surface area contributed by atoms with Gasteiger partial charge in [0.25, 0.3) is 0 Å². The minimum Gasteiger partial charge on any atom is -0.444 e. The van der Waals surface area contributed by atoms with E-state index in [-0.39, 0.29) is 15.5 Å². The van der Waals surface area contributed by atoms with Gasteiger partial charge in [0, 0.05) is 6.92 Å². The summed E-state index contributed by atoms with van der Waals surface area (Å²) in [4.78, 5) is 20.7. The van der Waals surface area contributed by atoms with Gasteiger partial charge in [0.05, 0.1) is 8.81 Å². The van der Waals surface area contributed by atoms with Crippen LogP contribution in [0.1, 0.15) is 6.92 Å². The van der Waals surface area contributed by atoms with E-state index < -0.39 is 12.1 Å². The van der Waals surface area contributed by atoms with E-state index in [1.807, 2.05) is 0 Å². The van der Waals surface area contributed by atoms with Crippen LogP contribution in [0.3, 0.4) is 0 Å². The summed E-state index contributed by atoms with van der Waals surface area (Å²) >= 11 is 0. The number of hydrogen-bond donors (Lipinski definition) is 1. The van der Waals surface area contributed by atoms with Crippen molar-refractivity contribution in [1.82, 2.24) is 5.32 Å². The third kappa shape index (κ3) is 7.06. The highest BCUT2D eigenvalue weighted by molar-refractivity contribution is 7.31. The Morgan fingerprint density at radius 1 is 1.55 bits per heavy atom. The molecule has 1 amide bonds. The van der Waals surface area contributed by atoms with E-state index >= 15 is 0 Å². The molecule has 0 aliphatic carbocycles. The number of amides is 1. The summed E-state index contributed by atoms with van der Waals surface area (Å²) in [5.74, 6) is -0.441. The molecule has 5 nitrogen and oxygen atoms in total. The van der Waals surface area contributed by atoms with Crippen LogP contribution < -0.4 is 5.32 Å². The molecule has 0 radical (unpaired) electrons. The van der Waals surface area contributed by atoms with E-state index in [0.717, 1.165) is 0 Å². The van der Waals surface area contributed by atoms with Crippen molar-refractivity contribution in [3.8, 4) is 0 Å². The van der Waals surface area contributed by atoms with Gasteiger partial charge in [0.15, 0.2) is 6.73 Å². The zero-order chi connectivity index (χ0) is 8.69. The molecule has 0 aromatic heterocycles. The molecule has 0 bridgehead atoms. The monoisotopic (exact) mass is 179 g/mol. The normalized spacial score (nSPS) is 9.64. The first kappa shape index (κ1) is 10.2. The van der Waals surface area contributed by atoms with Gasteiger partial charge in [-0.3, -0.25) is 10.1 Å². The zero-order valence-electron chi connectivity index (χ0n) is 6.34. The van der Waals surface area contributed by atoms with Crippen LogP contribution in [0.2, 0.25) is 0 Å². The molecule has 1 unspecified atom stereocenters. The first-order chi connectivity index (χ1) is 5.16. The molecule has 0 fully saturated rings. The molecule has 0 saturated carbocycles. The molecular weight excluding hydrogens is 169 g/mol. The Balaban J connectivity index is 3.24. The van der Waals surface area contributed by atoms with Crippen LogP contribution >= 0.6 is 8.81 Å². The predicted octanol–water partition coefficient (Wildman–Crippen LogP) is 0.457. The Morgan fingerprint density at radius 3 is 2.64 bits per heavy atom. The molecule has 6 heteroatoms. The van der Waals surface area contributed by atoms with Crippen molar-refractivity contribution in [2.24, 2.45) is 0 Å². The third-order valence-electron chi connectivity index (χ3n) is 0.687. The number of rotatable bonds is 3. The molecule has 0 spiro atoms. The fourth-order valence-corrected chi connectivity index (χ4v) is 0.583. The van der Waals surface area contributed by atoms with Crippen molar-refractivity contribution in [2.75, 3.05) is 13.4 Å². The molecule has 0 heterocycles. The van der Waals surface area contributed by atoms with Crippen LogP contribution in [-0.4, -0.2) is 25.5 Å². The lowest BCUT2D eigenvalue weighted by Crippen LogP contribution is -2.25. The number of esters is 1. The lowest BCUT2D eigenvalue weighted by Gasteiger charge is -2.03. The Kier molecular flexibility index (Phi) is 5.47. The molecule has 0 rings (SSSR count). The Bertz CT molecular complexity index is 149. The first-order valence-electron chi connectivity index (χ1n) is 2.91. The van der Waals surface area contributed by atoms with Gasteiger partial charge in [-0.2, -0.15) is 0 Å². The topological polar surface area (TPSA) is 64.6 Å². The highest BCUT2D eigenvalue weighted by atomic mass is 31.1.